The van der Waals surface area contributed by atoms with Gasteiger partial charge in [-0.3, -0.25) is 0 Å². The molecule has 8 heteroatoms. The highest BCUT2D eigenvalue weighted by Crippen LogP contribution is 2.30. The van der Waals surface area contributed by atoms with Crippen LogP contribution in [-0.4, -0.2) is 55.0 Å². The number of aryl methyl sites for hydroxylation is 1. The number of aromatic nitrogens is 3. The molecule has 4 atom stereocenters. The van der Waals surface area contributed by atoms with Crippen LogP contribution in [0, 0.1) is 11.6 Å². The van der Waals surface area contributed by atoms with Gasteiger partial charge in [-0.15, -0.1) is 5.10 Å². The van der Waals surface area contributed by atoms with Crippen LogP contribution in [0.3, 0.4) is 0 Å². The van der Waals surface area contributed by atoms with Crippen molar-refractivity contribution in [1.82, 2.24) is 14.8 Å². The van der Waals surface area contributed by atoms with Crippen LogP contribution in [0.2, 0.25) is 0 Å². The van der Waals surface area contributed by atoms with Gasteiger partial charge in [-0.05, 0) is 12.5 Å². The third kappa shape index (κ3) is 4.05. The molecule has 0 spiro atoms. The van der Waals surface area contributed by atoms with Gasteiger partial charge in [-0.25, -0.2) is 9.67 Å². The Hall–Kier alpha value is -2.49. The van der Waals surface area contributed by atoms with Crippen LogP contribution in [0.1, 0.15) is 23.0 Å². The number of ether oxygens (including phenoxy) is 1. The Morgan fingerprint density at radius 1 is 1.03 bits per heavy atom. The van der Waals surface area contributed by atoms with Gasteiger partial charge < -0.3 is 20.1 Å². The van der Waals surface area contributed by atoms with E-state index in [1.807, 2.05) is 61.5 Å². The predicted octanol–water partition coefficient (Wildman–Crippen LogP) is 2.19. The van der Waals surface area contributed by atoms with E-state index in [9.17, 15) is 15.3 Å². The van der Waals surface area contributed by atoms with Crippen molar-refractivity contribution in [3.8, 4) is 11.4 Å². The van der Waals surface area contributed by atoms with Crippen LogP contribution in [0.15, 0.2) is 54.6 Å². The average Bonchev–Trinajstić information content (AvgIpc) is 3.05. The lowest BCUT2D eigenvalue weighted by Crippen LogP contribution is -2.33. The van der Waals surface area contributed by atoms with E-state index in [0.717, 1.165) is 16.7 Å². The smallest absolute Gasteiger partial charge is 0.180 e. The number of hydrogen-bond donors (Lipinski definition) is 3. The van der Waals surface area contributed by atoms with E-state index in [1.54, 1.807) is 0 Å². The summed E-state index contributed by atoms with van der Waals surface area (Å²) in [6.07, 6.45) is -3.97. The molecule has 0 amide bonds. The summed E-state index contributed by atoms with van der Waals surface area (Å²) in [7, 11) is 0. The number of aliphatic hydroxyl groups is 3. The molecule has 2 aromatic carbocycles. The molecule has 3 aromatic rings. The quantitative estimate of drug-likeness (QED) is 0.539. The van der Waals surface area contributed by atoms with E-state index in [0.29, 0.717) is 22.6 Å². The zero-order chi connectivity index (χ0) is 21.3. The van der Waals surface area contributed by atoms with Gasteiger partial charge >= 0.3 is 0 Å². The van der Waals surface area contributed by atoms with Crippen molar-refractivity contribution >= 4 is 12.2 Å². The van der Waals surface area contributed by atoms with E-state index in [1.165, 1.54) is 4.68 Å². The average molecular weight is 426 g/mol. The van der Waals surface area contributed by atoms with Gasteiger partial charge in [0.05, 0.1) is 12.3 Å². The largest absolute Gasteiger partial charge is 0.394 e. The first-order valence-electron chi connectivity index (χ1n) is 9.71. The van der Waals surface area contributed by atoms with Gasteiger partial charge in [0, 0.05) is 12.0 Å². The fraction of sp³-hybridized carbons (Fsp3) is 0.318. The van der Waals surface area contributed by atoms with Crippen LogP contribution in [0.25, 0.3) is 11.4 Å². The maximum atomic E-state index is 10.5. The Kier molecular flexibility index (Phi) is 6.03. The summed E-state index contributed by atoms with van der Waals surface area (Å²) >= 11 is 5.63. The molecule has 0 aliphatic carbocycles. The second-order valence-corrected chi connectivity index (χ2v) is 7.78. The van der Waals surface area contributed by atoms with Gasteiger partial charge in [-0.1, -0.05) is 72.4 Å². The van der Waals surface area contributed by atoms with Gasteiger partial charge in [0.15, 0.2) is 12.1 Å². The molecule has 156 valence electrons. The third-order valence-corrected chi connectivity index (χ3v) is 5.60. The maximum Gasteiger partial charge on any atom is 0.180 e. The van der Waals surface area contributed by atoms with Crippen molar-refractivity contribution < 1.29 is 20.1 Å². The molecule has 2 heterocycles. The molecule has 0 bridgehead atoms. The maximum absolute atomic E-state index is 10.5. The monoisotopic (exact) mass is 425 g/mol. The van der Waals surface area contributed by atoms with E-state index >= 15 is 0 Å². The number of rotatable bonds is 5. The molecule has 0 radical (unpaired) electrons. The number of nitrogens with zero attached hydrogens (tertiary/aromatic N) is 3. The highest BCUT2D eigenvalue weighted by atomic mass is 32.1. The summed E-state index contributed by atoms with van der Waals surface area (Å²) in [6, 6.07) is 17.5. The Balaban J connectivity index is 1.81. The van der Waals surface area contributed by atoms with Crippen molar-refractivity contribution in [2.24, 2.45) is 0 Å². The lowest BCUT2D eigenvalue weighted by molar-refractivity contribution is -0.0602. The normalized spacial score (nSPS) is 23.6. The van der Waals surface area contributed by atoms with Crippen molar-refractivity contribution in [3.05, 3.63) is 76.1 Å². The molecule has 1 aliphatic rings. The lowest BCUT2D eigenvalue weighted by Gasteiger charge is -2.19. The van der Waals surface area contributed by atoms with Crippen LogP contribution in [-0.2, 0) is 11.2 Å². The SMILES string of the molecule is Cc1ccc(Cc2nc(-c3ccccc3)nn([C@@H]3O[C@H](CO)[C@@H](O)[C@H]3O)c2=S)cc1. The van der Waals surface area contributed by atoms with Gasteiger partial charge in [0.2, 0.25) is 0 Å². The van der Waals surface area contributed by atoms with Crippen molar-refractivity contribution in [1.29, 1.82) is 0 Å². The molecular weight excluding hydrogens is 402 g/mol. The topological polar surface area (TPSA) is 101 Å². The van der Waals surface area contributed by atoms with Crippen LogP contribution < -0.4 is 0 Å². The van der Waals surface area contributed by atoms with Crippen molar-refractivity contribution in [2.45, 2.75) is 37.9 Å². The Morgan fingerprint density at radius 3 is 2.37 bits per heavy atom. The second-order valence-electron chi connectivity index (χ2n) is 7.39. The first-order valence-corrected chi connectivity index (χ1v) is 10.1. The fourth-order valence-electron chi connectivity index (χ4n) is 3.46. The lowest BCUT2D eigenvalue weighted by atomic mass is 10.1. The minimum absolute atomic E-state index is 0.310. The fourth-order valence-corrected chi connectivity index (χ4v) is 3.72. The van der Waals surface area contributed by atoms with Gasteiger partial charge in [0.25, 0.3) is 0 Å². The highest BCUT2D eigenvalue weighted by molar-refractivity contribution is 7.71. The van der Waals surface area contributed by atoms with E-state index < -0.39 is 31.1 Å². The van der Waals surface area contributed by atoms with E-state index in [2.05, 4.69) is 5.10 Å². The Labute approximate surface area is 179 Å². The molecule has 1 fully saturated rings. The van der Waals surface area contributed by atoms with E-state index in [4.69, 9.17) is 21.9 Å². The van der Waals surface area contributed by atoms with Crippen LogP contribution in [0.5, 0.6) is 0 Å². The summed E-state index contributed by atoms with van der Waals surface area (Å²) in [5.41, 5.74) is 3.60. The predicted molar refractivity (Wildman–Crippen MR) is 113 cm³/mol. The molecule has 0 unspecified atom stereocenters. The van der Waals surface area contributed by atoms with Crippen molar-refractivity contribution in [3.63, 3.8) is 0 Å². The minimum atomic E-state index is -1.28. The molecule has 0 saturated carbocycles. The minimum Gasteiger partial charge on any atom is -0.394 e. The second kappa shape index (κ2) is 8.71. The molecule has 1 saturated heterocycles. The first kappa shape index (κ1) is 20.8. The van der Waals surface area contributed by atoms with Gasteiger partial charge in [-0.2, -0.15) is 0 Å². The summed E-state index contributed by atoms with van der Waals surface area (Å²) < 4.78 is 7.37. The third-order valence-electron chi connectivity index (χ3n) is 5.18. The standard InChI is InChI=1S/C22H23N3O4S/c1-13-7-9-14(10-8-13)11-16-22(30)25(21-19(28)18(27)17(12-26)29-21)24-20(23-16)15-5-3-2-4-6-15/h2-10,17-19,21,26-28H,11-12H2,1H3/t17-,18-,19-,21-/m1/s1. The number of aliphatic hydroxyl groups excluding tert-OH is 3. The van der Waals surface area contributed by atoms with Crippen molar-refractivity contribution in [2.75, 3.05) is 6.61 Å². The first-order chi connectivity index (χ1) is 14.5. The van der Waals surface area contributed by atoms with E-state index in [-0.39, 0.29) is 0 Å². The molecule has 3 N–H and O–H groups in total. The number of hydrogen-bond acceptors (Lipinski definition) is 7. The van der Waals surface area contributed by atoms with Crippen LogP contribution in [0.4, 0.5) is 0 Å². The molecule has 1 aliphatic heterocycles. The molecule has 1 aromatic heterocycles. The summed E-state index contributed by atoms with van der Waals surface area (Å²) in [5.74, 6) is 0.434. The van der Waals surface area contributed by atoms with Gasteiger partial charge in [0.1, 0.15) is 23.0 Å². The zero-order valence-electron chi connectivity index (χ0n) is 16.4. The van der Waals surface area contributed by atoms with Crippen LogP contribution >= 0.6 is 12.2 Å². The molecule has 7 nitrogen and oxygen atoms in total. The molecular formula is C22H23N3O4S. The summed E-state index contributed by atoms with van der Waals surface area (Å²) in [5, 5.41) is 34.6. The summed E-state index contributed by atoms with van der Waals surface area (Å²) in [6.45, 7) is 1.60. The number of benzene rings is 2. The Morgan fingerprint density at radius 2 is 1.73 bits per heavy atom. The molecule has 4 rings (SSSR count). The Bertz CT molecular complexity index is 1070. The summed E-state index contributed by atoms with van der Waals surface area (Å²) in [4.78, 5) is 4.69. The highest BCUT2D eigenvalue weighted by Gasteiger charge is 2.44. The zero-order valence-corrected chi connectivity index (χ0v) is 17.2. The molecule has 30 heavy (non-hydrogen) atoms.